The van der Waals surface area contributed by atoms with Crippen LogP contribution in [0.2, 0.25) is 0 Å². The lowest BCUT2D eigenvalue weighted by molar-refractivity contribution is -0.135. The standard InChI is InChI=1S/C17H26N2O3S2/c1-3-14-6-7-16(23-14)24(21,22)19-10-4-5-15(19)17(20)18-11-8-13(2)9-12-18/h6-7,13,15H,3-5,8-12H2,1-2H3/t15-/m0/s1. The molecule has 3 heterocycles. The molecule has 3 rings (SSSR count). The molecule has 1 aromatic heterocycles. The van der Waals surface area contributed by atoms with E-state index in [4.69, 9.17) is 0 Å². The molecular formula is C17H26N2O3S2. The van der Waals surface area contributed by atoms with Gasteiger partial charge in [-0.15, -0.1) is 11.3 Å². The summed E-state index contributed by atoms with van der Waals surface area (Å²) in [4.78, 5) is 15.8. The number of amides is 1. The van der Waals surface area contributed by atoms with Gasteiger partial charge in [-0.2, -0.15) is 4.31 Å². The molecule has 2 aliphatic rings. The SMILES string of the molecule is CCc1ccc(S(=O)(=O)N2CCC[C@H]2C(=O)N2CCC(C)CC2)s1. The van der Waals surface area contributed by atoms with Gasteiger partial charge >= 0.3 is 0 Å². The van der Waals surface area contributed by atoms with Crippen molar-refractivity contribution in [3.63, 3.8) is 0 Å². The summed E-state index contributed by atoms with van der Waals surface area (Å²) >= 11 is 1.32. The number of likely N-dealkylation sites (tertiary alicyclic amines) is 1. The quantitative estimate of drug-likeness (QED) is 0.819. The highest BCUT2D eigenvalue weighted by Gasteiger charge is 2.42. The van der Waals surface area contributed by atoms with Crippen molar-refractivity contribution < 1.29 is 13.2 Å². The molecule has 0 aromatic carbocycles. The first-order chi connectivity index (χ1) is 11.4. The molecular weight excluding hydrogens is 344 g/mol. The molecule has 0 spiro atoms. The summed E-state index contributed by atoms with van der Waals surface area (Å²) in [6, 6.07) is 3.04. The maximum Gasteiger partial charge on any atom is 0.253 e. The van der Waals surface area contributed by atoms with Crippen LogP contribution >= 0.6 is 11.3 Å². The monoisotopic (exact) mass is 370 g/mol. The smallest absolute Gasteiger partial charge is 0.253 e. The molecule has 134 valence electrons. The van der Waals surface area contributed by atoms with Crippen LogP contribution in [0.15, 0.2) is 16.3 Å². The van der Waals surface area contributed by atoms with Crippen molar-refractivity contribution in [3.8, 4) is 0 Å². The first kappa shape index (κ1) is 17.9. The van der Waals surface area contributed by atoms with Crippen LogP contribution in [0, 0.1) is 5.92 Å². The third kappa shape index (κ3) is 3.39. The van der Waals surface area contributed by atoms with Crippen molar-refractivity contribution in [2.45, 2.75) is 56.2 Å². The van der Waals surface area contributed by atoms with E-state index in [0.717, 1.165) is 43.6 Å². The Morgan fingerprint density at radius 1 is 1.21 bits per heavy atom. The van der Waals surface area contributed by atoms with Crippen molar-refractivity contribution in [2.24, 2.45) is 5.92 Å². The minimum atomic E-state index is -3.57. The molecule has 1 aromatic rings. The van der Waals surface area contributed by atoms with Gasteiger partial charge in [0.1, 0.15) is 10.3 Å². The van der Waals surface area contributed by atoms with Crippen LogP contribution in [0.5, 0.6) is 0 Å². The Kier molecular flexibility index (Phi) is 5.32. The van der Waals surface area contributed by atoms with Gasteiger partial charge in [0.15, 0.2) is 0 Å². The molecule has 0 unspecified atom stereocenters. The zero-order chi connectivity index (χ0) is 17.3. The Morgan fingerprint density at radius 3 is 2.54 bits per heavy atom. The molecule has 0 saturated carbocycles. The lowest BCUT2D eigenvalue weighted by atomic mass is 9.98. The largest absolute Gasteiger partial charge is 0.341 e. The minimum absolute atomic E-state index is 0.00440. The first-order valence-corrected chi connectivity index (χ1v) is 11.1. The summed E-state index contributed by atoms with van der Waals surface area (Å²) in [5, 5.41) is 0. The highest BCUT2D eigenvalue weighted by atomic mass is 32.2. The van der Waals surface area contributed by atoms with Gasteiger partial charge in [0.25, 0.3) is 10.0 Å². The highest BCUT2D eigenvalue weighted by molar-refractivity contribution is 7.91. The average Bonchev–Trinajstić information content (AvgIpc) is 3.24. The molecule has 0 N–H and O–H groups in total. The van der Waals surface area contributed by atoms with Crippen LogP contribution in [0.1, 0.15) is 44.4 Å². The molecule has 2 saturated heterocycles. The molecule has 2 aliphatic heterocycles. The zero-order valence-corrected chi connectivity index (χ0v) is 16.0. The van der Waals surface area contributed by atoms with Gasteiger partial charge in [0.05, 0.1) is 0 Å². The second kappa shape index (κ2) is 7.14. The van der Waals surface area contributed by atoms with Gasteiger partial charge in [-0.05, 0) is 50.2 Å². The summed E-state index contributed by atoms with van der Waals surface area (Å²) in [7, 11) is -3.57. The number of carbonyl (C=O) groups is 1. The number of hydrogen-bond acceptors (Lipinski definition) is 4. The fraction of sp³-hybridized carbons (Fsp3) is 0.706. The molecule has 2 fully saturated rings. The number of hydrogen-bond donors (Lipinski definition) is 0. The number of thiophene rings is 1. The van der Waals surface area contributed by atoms with Crippen molar-refractivity contribution in [1.29, 1.82) is 0 Å². The molecule has 1 atom stereocenters. The fourth-order valence-electron chi connectivity index (χ4n) is 3.52. The van der Waals surface area contributed by atoms with E-state index in [-0.39, 0.29) is 5.91 Å². The van der Waals surface area contributed by atoms with Crippen LogP contribution in [-0.2, 0) is 21.2 Å². The van der Waals surface area contributed by atoms with Crippen molar-refractivity contribution >= 4 is 27.3 Å². The maximum atomic E-state index is 13.0. The van der Waals surface area contributed by atoms with Crippen molar-refractivity contribution in [1.82, 2.24) is 9.21 Å². The Bertz CT molecular complexity index is 690. The molecule has 7 heteroatoms. The third-order valence-electron chi connectivity index (χ3n) is 5.13. The summed E-state index contributed by atoms with van der Waals surface area (Å²) in [6.45, 7) is 6.17. The lowest BCUT2D eigenvalue weighted by Crippen LogP contribution is -2.49. The van der Waals surface area contributed by atoms with E-state index in [2.05, 4.69) is 6.92 Å². The van der Waals surface area contributed by atoms with Gasteiger partial charge in [0.2, 0.25) is 5.91 Å². The van der Waals surface area contributed by atoms with Crippen molar-refractivity contribution in [3.05, 3.63) is 17.0 Å². The van der Waals surface area contributed by atoms with E-state index in [9.17, 15) is 13.2 Å². The first-order valence-electron chi connectivity index (χ1n) is 8.83. The Labute approximate surface area is 148 Å². The molecule has 1 amide bonds. The van der Waals surface area contributed by atoms with Crippen LogP contribution in [0.3, 0.4) is 0 Å². The summed E-state index contributed by atoms with van der Waals surface area (Å²) < 4.78 is 27.8. The Morgan fingerprint density at radius 2 is 1.92 bits per heavy atom. The van der Waals surface area contributed by atoms with Crippen LogP contribution in [0.25, 0.3) is 0 Å². The summed E-state index contributed by atoms with van der Waals surface area (Å²) in [5.74, 6) is 0.645. The van der Waals surface area contributed by atoms with Gasteiger partial charge in [0, 0.05) is 24.5 Å². The maximum absolute atomic E-state index is 13.0. The summed E-state index contributed by atoms with van der Waals surface area (Å²) in [6.07, 6.45) is 4.24. The lowest BCUT2D eigenvalue weighted by Gasteiger charge is -2.34. The molecule has 0 bridgehead atoms. The Hall–Kier alpha value is -0.920. The third-order valence-corrected chi connectivity index (χ3v) is 8.74. The molecule has 24 heavy (non-hydrogen) atoms. The molecule has 5 nitrogen and oxygen atoms in total. The fourth-order valence-corrected chi connectivity index (χ4v) is 6.59. The number of piperidine rings is 1. The zero-order valence-electron chi connectivity index (χ0n) is 14.4. The molecule has 0 radical (unpaired) electrons. The van der Waals surface area contributed by atoms with Crippen LogP contribution < -0.4 is 0 Å². The predicted molar refractivity (Wildman–Crippen MR) is 95.6 cm³/mol. The van der Waals surface area contributed by atoms with Gasteiger partial charge in [-0.1, -0.05) is 13.8 Å². The number of nitrogens with zero attached hydrogens (tertiary/aromatic N) is 2. The normalized spacial score (nSPS) is 23.8. The van der Waals surface area contributed by atoms with E-state index >= 15 is 0 Å². The topological polar surface area (TPSA) is 57.7 Å². The second-order valence-corrected chi connectivity index (χ2v) is 10.1. The number of sulfonamides is 1. The van der Waals surface area contributed by atoms with Crippen LogP contribution in [0.4, 0.5) is 0 Å². The van der Waals surface area contributed by atoms with Gasteiger partial charge in [-0.3, -0.25) is 4.79 Å². The number of carbonyl (C=O) groups excluding carboxylic acids is 1. The van der Waals surface area contributed by atoms with Crippen molar-refractivity contribution in [2.75, 3.05) is 19.6 Å². The summed E-state index contributed by atoms with van der Waals surface area (Å²) in [5.41, 5.74) is 0. The minimum Gasteiger partial charge on any atom is -0.341 e. The van der Waals surface area contributed by atoms with E-state index in [1.165, 1.54) is 15.6 Å². The number of rotatable bonds is 4. The van der Waals surface area contributed by atoms with E-state index in [0.29, 0.717) is 23.1 Å². The van der Waals surface area contributed by atoms with E-state index in [1.807, 2.05) is 17.9 Å². The highest BCUT2D eigenvalue weighted by Crippen LogP contribution is 2.32. The second-order valence-electron chi connectivity index (χ2n) is 6.86. The van der Waals surface area contributed by atoms with Crippen LogP contribution in [-0.4, -0.2) is 49.2 Å². The van der Waals surface area contributed by atoms with E-state index in [1.54, 1.807) is 6.07 Å². The number of aryl methyl sites for hydroxylation is 1. The van der Waals surface area contributed by atoms with E-state index < -0.39 is 16.1 Å². The van der Waals surface area contributed by atoms with Gasteiger partial charge < -0.3 is 4.90 Å². The molecule has 0 aliphatic carbocycles. The predicted octanol–water partition coefficient (Wildman–Crippen LogP) is 2.72. The Balaban J connectivity index is 1.78. The van der Waals surface area contributed by atoms with Gasteiger partial charge in [-0.25, -0.2) is 8.42 Å². The average molecular weight is 371 g/mol.